The van der Waals surface area contributed by atoms with E-state index < -0.39 is 0 Å². The zero-order valence-electron chi connectivity index (χ0n) is 14.5. The fourth-order valence-corrected chi connectivity index (χ4v) is 3.77. The summed E-state index contributed by atoms with van der Waals surface area (Å²) in [6, 6.07) is 10.3. The van der Waals surface area contributed by atoms with E-state index in [0.717, 1.165) is 59.2 Å². The molecule has 0 unspecified atom stereocenters. The molecular formula is C21H22FNO2. The average Bonchev–Trinajstić information content (AvgIpc) is 3.04. The summed E-state index contributed by atoms with van der Waals surface area (Å²) in [7, 11) is 0. The van der Waals surface area contributed by atoms with E-state index in [2.05, 4.69) is 18.8 Å². The molecular weight excluding hydrogens is 317 g/mol. The predicted molar refractivity (Wildman–Crippen MR) is 97.6 cm³/mol. The number of aromatic nitrogens is 1. The molecule has 4 rings (SSSR count). The van der Waals surface area contributed by atoms with E-state index in [1.165, 1.54) is 12.1 Å². The lowest BCUT2D eigenvalue weighted by atomic mass is 9.86. The van der Waals surface area contributed by atoms with Crippen molar-refractivity contribution in [1.82, 2.24) is 4.98 Å². The van der Waals surface area contributed by atoms with Gasteiger partial charge in [-0.25, -0.2) is 4.39 Å². The van der Waals surface area contributed by atoms with Crippen LogP contribution in [0.2, 0.25) is 0 Å². The SMILES string of the molecule is CCC1(CC)CCc2c(O)cc(-c3cc4cc(F)ccc4[nH]3)cc2O1. The van der Waals surface area contributed by atoms with Gasteiger partial charge in [0.2, 0.25) is 0 Å². The fourth-order valence-electron chi connectivity index (χ4n) is 3.77. The Kier molecular flexibility index (Phi) is 3.71. The molecule has 1 aliphatic rings. The highest BCUT2D eigenvalue weighted by atomic mass is 19.1. The molecule has 130 valence electrons. The van der Waals surface area contributed by atoms with Crippen LogP contribution in [0.25, 0.3) is 22.2 Å². The first kappa shape index (κ1) is 16.0. The molecule has 0 atom stereocenters. The first-order valence-corrected chi connectivity index (χ1v) is 8.87. The van der Waals surface area contributed by atoms with Gasteiger partial charge in [-0.2, -0.15) is 0 Å². The highest BCUT2D eigenvalue weighted by Gasteiger charge is 2.34. The van der Waals surface area contributed by atoms with Crippen LogP contribution in [0.5, 0.6) is 11.5 Å². The van der Waals surface area contributed by atoms with Crippen molar-refractivity contribution in [3.8, 4) is 22.8 Å². The van der Waals surface area contributed by atoms with E-state index in [0.29, 0.717) is 0 Å². The number of phenolic OH excluding ortho intramolecular Hbond substituents is 1. The third kappa shape index (κ3) is 2.66. The van der Waals surface area contributed by atoms with E-state index in [1.54, 1.807) is 12.1 Å². The second kappa shape index (κ2) is 5.80. The van der Waals surface area contributed by atoms with E-state index in [1.807, 2.05) is 12.1 Å². The Morgan fingerprint density at radius 3 is 2.72 bits per heavy atom. The van der Waals surface area contributed by atoms with Crippen LogP contribution in [-0.2, 0) is 6.42 Å². The summed E-state index contributed by atoms with van der Waals surface area (Å²) in [5, 5.41) is 11.3. The molecule has 0 aliphatic carbocycles. The molecule has 0 bridgehead atoms. The number of ether oxygens (including phenoxy) is 1. The number of hydrogen-bond donors (Lipinski definition) is 2. The van der Waals surface area contributed by atoms with Gasteiger partial charge >= 0.3 is 0 Å². The maximum atomic E-state index is 13.4. The van der Waals surface area contributed by atoms with Crippen LogP contribution in [0.1, 0.15) is 38.7 Å². The summed E-state index contributed by atoms with van der Waals surface area (Å²) >= 11 is 0. The number of rotatable bonds is 3. The molecule has 3 nitrogen and oxygen atoms in total. The zero-order valence-corrected chi connectivity index (χ0v) is 14.5. The Hall–Kier alpha value is -2.49. The highest BCUT2D eigenvalue weighted by Crippen LogP contribution is 2.43. The van der Waals surface area contributed by atoms with Crippen molar-refractivity contribution in [1.29, 1.82) is 0 Å². The van der Waals surface area contributed by atoms with E-state index in [9.17, 15) is 9.50 Å². The summed E-state index contributed by atoms with van der Waals surface area (Å²) in [5.74, 6) is 0.762. The number of phenols is 1. The van der Waals surface area contributed by atoms with Gasteiger partial charge in [0.1, 0.15) is 22.9 Å². The van der Waals surface area contributed by atoms with Gasteiger partial charge in [-0.1, -0.05) is 13.8 Å². The Balaban J connectivity index is 1.79. The minimum absolute atomic E-state index is 0.151. The third-order valence-electron chi connectivity index (χ3n) is 5.52. The first-order valence-electron chi connectivity index (χ1n) is 8.87. The Labute approximate surface area is 146 Å². The first-order chi connectivity index (χ1) is 12.0. The molecule has 0 saturated carbocycles. The van der Waals surface area contributed by atoms with Crippen molar-refractivity contribution in [2.75, 3.05) is 0 Å². The van der Waals surface area contributed by atoms with Crippen molar-refractivity contribution < 1.29 is 14.2 Å². The van der Waals surface area contributed by atoms with Gasteiger partial charge in [0.25, 0.3) is 0 Å². The summed E-state index contributed by atoms with van der Waals surface area (Å²) < 4.78 is 19.7. The van der Waals surface area contributed by atoms with Gasteiger partial charge in [-0.15, -0.1) is 0 Å². The number of benzene rings is 2. The second-order valence-corrected chi connectivity index (χ2v) is 6.88. The van der Waals surface area contributed by atoms with E-state index >= 15 is 0 Å². The molecule has 0 amide bonds. The lowest BCUT2D eigenvalue weighted by molar-refractivity contribution is 0.0377. The summed E-state index contributed by atoms with van der Waals surface area (Å²) in [4.78, 5) is 3.29. The van der Waals surface area contributed by atoms with E-state index in [4.69, 9.17) is 4.74 Å². The molecule has 1 aliphatic heterocycles. The average molecular weight is 339 g/mol. The van der Waals surface area contributed by atoms with Crippen molar-refractivity contribution in [2.24, 2.45) is 0 Å². The number of fused-ring (bicyclic) bond motifs is 2. The number of aromatic amines is 1. The normalized spacial score (nSPS) is 15.8. The van der Waals surface area contributed by atoms with Gasteiger partial charge in [0, 0.05) is 27.7 Å². The summed E-state index contributed by atoms with van der Waals surface area (Å²) in [6.45, 7) is 4.29. The molecule has 2 aromatic carbocycles. The smallest absolute Gasteiger partial charge is 0.127 e. The second-order valence-electron chi connectivity index (χ2n) is 6.88. The van der Waals surface area contributed by atoms with Gasteiger partial charge in [0.05, 0.1) is 0 Å². The predicted octanol–water partition coefficient (Wildman–Crippen LogP) is 5.56. The third-order valence-corrected chi connectivity index (χ3v) is 5.52. The van der Waals surface area contributed by atoms with Crippen molar-refractivity contribution in [3.63, 3.8) is 0 Å². The van der Waals surface area contributed by atoms with Crippen LogP contribution in [0, 0.1) is 5.82 Å². The maximum absolute atomic E-state index is 13.4. The minimum Gasteiger partial charge on any atom is -0.508 e. The number of hydrogen-bond acceptors (Lipinski definition) is 2. The van der Waals surface area contributed by atoms with Crippen LogP contribution < -0.4 is 4.74 Å². The lowest BCUT2D eigenvalue weighted by Crippen LogP contribution is -2.38. The lowest BCUT2D eigenvalue weighted by Gasteiger charge is -2.38. The van der Waals surface area contributed by atoms with Gasteiger partial charge in [-0.05, 0) is 62.1 Å². The summed E-state index contributed by atoms with van der Waals surface area (Å²) in [6.07, 6.45) is 3.63. The largest absolute Gasteiger partial charge is 0.508 e. The molecule has 2 heterocycles. The highest BCUT2D eigenvalue weighted by molar-refractivity contribution is 5.86. The number of halogens is 1. The van der Waals surface area contributed by atoms with Crippen LogP contribution >= 0.6 is 0 Å². The zero-order chi connectivity index (χ0) is 17.6. The van der Waals surface area contributed by atoms with Gasteiger partial charge in [0.15, 0.2) is 0 Å². The van der Waals surface area contributed by atoms with Gasteiger partial charge < -0.3 is 14.8 Å². The van der Waals surface area contributed by atoms with Crippen LogP contribution in [0.3, 0.4) is 0 Å². The quantitative estimate of drug-likeness (QED) is 0.656. The van der Waals surface area contributed by atoms with Gasteiger partial charge in [-0.3, -0.25) is 0 Å². The van der Waals surface area contributed by atoms with Crippen LogP contribution in [0.4, 0.5) is 4.39 Å². The number of nitrogens with one attached hydrogen (secondary N) is 1. The Morgan fingerprint density at radius 2 is 1.96 bits per heavy atom. The number of aromatic hydroxyl groups is 1. The van der Waals surface area contributed by atoms with Crippen molar-refractivity contribution in [3.05, 3.63) is 47.8 Å². The molecule has 0 fully saturated rings. The van der Waals surface area contributed by atoms with Crippen molar-refractivity contribution >= 4 is 10.9 Å². The van der Waals surface area contributed by atoms with Crippen LogP contribution in [0.15, 0.2) is 36.4 Å². The van der Waals surface area contributed by atoms with Crippen molar-refractivity contribution in [2.45, 2.75) is 45.1 Å². The maximum Gasteiger partial charge on any atom is 0.127 e. The molecule has 3 aromatic rings. The van der Waals surface area contributed by atoms with E-state index in [-0.39, 0.29) is 17.2 Å². The van der Waals surface area contributed by atoms with Crippen LogP contribution in [-0.4, -0.2) is 15.7 Å². The molecule has 0 spiro atoms. The Morgan fingerprint density at radius 1 is 1.16 bits per heavy atom. The topological polar surface area (TPSA) is 45.2 Å². The molecule has 0 radical (unpaired) electrons. The molecule has 25 heavy (non-hydrogen) atoms. The standard InChI is InChI=1S/C21H22FNO2/c1-3-21(4-2)8-7-16-19(24)11-14(12-20(16)25-21)18-10-13-9-15(22)5-6-17(13)23-18/h5-6,9-12,23-24H,3-4,7-8H2,1-2H3. The molecule has 1 aromatic heterocycles. The molecule has 0 saturated heterocycles. The Bertz CT molecular complexity index is 940. The molecule has 4 heteroatoms. The monoisotopic (exact) mass is 339 g/mol. The minimum atomic E-state index is -0.259. The molecule has 2 N–H and O–H groups in total. The fraction of sp³-hybridized carbons (Fsp3) is 0.333. The number of H-pyrrole nitrogens is 1. The summed E-state index contributed by atoms with van der Waals surface area (Å²) in [5.41, 5.74) is 3.28.